The average Bonchev–Trinajstić information content (AvgIpc) is 3.44. The molecule has 7 heteroatoms. The summed E-state index contributed by atoms with van der Waals surface area (Å²) in [6.45, 7) is 0.448. The van der Waals surface area contributed by atoms with Crippen molar-refractivity contribution in [1.29, 1.82) is 0 Å². The molecule has 6 nitrogen and oxygen atoms in total. The molecule has 1 aliphatic heterocycles. The monoisotopic (exact) mass is 519 g/mol. The Balaban J connectivity index is 1.44. The Morgan fingerprint density at radius 2 is 1.65 bits per heavy atom. The zero-order valence-corrected chi connectivity index (χ0v) is 21.3. The van der Waals surface area contributed by atoms with E-state index < -0.39 is 18.1 Å². The number of nitrogens with zero attached hydrogens (tertiary/aromatic N) is 1. The molecule has 1 aliphatic carbocycles. The maximum Gasteiger partial charge on any atom is 0.326 e. The predicted octanol–water partition coefficient (Wildman–Crippen LogP) is 5.96. The van der Waals surface area contributed by atoms with Crippen molar-refractivity contribution >= 4 is 23.5 Å². The Morgan fingerprint density at radius 1 is 0.973 bits per heavy atom. The zero-order chi connectivity index (χ0) is 25.8. The van der Waals surface area contributed by atoms with E-state index >= 15 is 0 Å². The standard InChI is InChI=1S/C30H30ClNO5/c31-25-16-15-22-18-32(29(33)27(21-11-5-2-6-12-21)37-23-13-7-8-14-23)26(30(34)35)17-24(22)28(25)36-19-20-9-3-1-4-10-20/h1-6,9-12,15-16,23,26-27H,7-8,13-14,17-19H2,(H,34,35)/t26-,27-/m1/s1. The predicted molar refractivity (Wildman–Crippen MR) is 140 cm³/mol. The summed E-state index contributed by atoms with van der Waals surface area (Å²) in [6.07, 6.45) is 3.19. The van der Waals surface area contributed by atoms with E-state index in [9.17, 15) is 14.7 Å². The first-order valence-electron chi connectivity index (χ1n) is 12.7. The number of halogens is 1. The lowest BCUT2D eigenvalue weighted by Gasteiger charge is -2.37. The van der Waals surface area contributed by atoms with E-state index in [4.69, 9.17) is 21.1 Å². The number of benzene rings is 3. The van der Waals surface area contributed by atoms with Gasteiger partial charge in [-0.05, 0) is 35.6 Å². The average molecular weight is 520 g/mol. The third-order valence-electron chi connectivity index (χ3n) is 7.18. The van der Waals surface area contributed by atoms with Gasteiger partial charge >= 0.3 is 5.97 Å². The summed E-state index contributed by atoms with van der Waals surface area (Å²) >= 11 is 6.51. The third kappa shape index (κ3) is 5.65. The van der Waals surface area contributed by atoms with Crippen molar-refractivity contribution in [1.82, 2.24) is 4.90 Å². The van der Waals surface area contributed by atoms with Gasteiger partial charge in [0.15, 0.2) is 6.10 Å². The topological polar surface area (TPSA) is 76.1 Å². The zero-order valence-electron chi connectivity index (χ0n) is 20.5. The van der Waals surface area contributed by atoms with Crippen molar-refractivity contribution in [2.75, 3.05) is 0 Å². The molecule has 5 rings (SSSR count). The van der Waals surface area contributed by atoms with Crippen molar-refractivity contribution in [3.8, 4) is 5.75 Å². The number of carboxylic acid groups (broad SMARTS) is 1. The summed E-state index contributed by atoms with van der Waals surface area (Å²) in [5, 5.41) is 10.6. The molecule has 2 atom stereocenters. The summed E-state index contributed by atoms with van der Waals surface area (Å²) < 4.78 is 12.4. The molecule has 0 radical (unpaired) electrons. The highest BCUT2D eigenvalue weighted by Gasteiger charge is 2.40. The molecule has 0 unspecified atom stereocenters. The van der Waals surface area contributed by atoms with E-state index in [1.807, 2.05) is 66.7 Å². The van der Waals surface area contributed by atoms with E-state index in [1.165, 1.54) is 4.90 Å². The number of ether oxygens (including phenoxy) is 2. The molecule has 3 aromatic rings. The normalized spacial score (nSPS) is 18.3. The highest BCUT2D eigenvalue weighted by Crippen LogP contribution is 2.39. The molecule has 3 aromatic carbocycles. The molecule has 1 fully saturated rings. The first-order chi connectivity index (χ1) is 18.0. The Kier molecular flexibility index (Phi) is 7.77. The number of carbonyl (C=O) groups is 2. The number of hydrogen-bond donors (Lipinski definition) is 1. The fraction of sp³-hybridized carbons (Fsp3) is 0.333. The summed E-state index contributed by atoms with van der Waals surface area (Å²) in [6, 6.07) is 21.6. The van der Waals surface area contributed by atoms with Gasteiger partial charge in [-0.15, -0.1) is 0 Å². The molecule has 0 spiro atoms. The largest absolute Gasteiger partial charge is 0.487 e. The summed E-state index contributed by atoms with van der Waals surface area (Å²) in [4.78, 5) is 27.8. The number of amides is 1. The molecular formula is C30H30ClNO5. The molecule has 1 saturated carbocycles. The Bertz CT molecular complexity index is 1240. The van der Waals surface area contributed by atoms with Crippen LogP contribution in [-0.2, 0) is 33.9 Å². The van der Waals surface area contributed by atoms with Crippen molar-refractivity contribution < 1.29 is 24.2 Å². The van der Waals surface area contributed by atoms with Gasteiger partial charge in [-0.25, -0.2) is 4.79 Å². The van der Waals surface area contributed by atoms with E-state index in [0.29, 0.717) is 17.4 Å². The number of rotatable bonds is 8. The van der Waals surface area contributed by atoms with Gasteiger partial charge in [0, 0.05) is 18.5 Å². The van der Waals surface area contributed by atoms with Crippen LogP contribution in [0.3, 0.4) is 0 Å². The third-order valence-corrected chi connectivity index (χ3v) is 7.47. The molecule has 1 N–H and O–H groups in total. The summed E-state index contributed by atoms with van der Waals surface area (Å²) in [5.41, 5.74) is 3.27. The number of fused-ring (bicyclic) bond motifs is 1. The van der Waals surface area contributed by atoms with Crippen molar-refractivity contribution in [2.45, 2.75) is 63.5 Å². The first kappa shape index (κ1) is 25.3. The second-order valence-electron chi connectivity index (χ2n) is 9.65. The van der Waals surface area contributed by atoms with Crippen LogP contribution in [0.5, 0.6) is 5.75 Å². The van der Waals surface area contributed by atoms with Gasteiger partial charge in [0.2, 0.25) is 0 Å². The lowest BCUT2D eigenvalue weighted by Crippen LogP contribution is -2.50. The van der Waals surface area contributed by atoms with Crippen molar-refractivity contribution in [3.63, 3.8) is 0 Å². The molecule has 0 aromatic heterocycles. The van der Waals surface area contributed by atoms with Crippen molar-refractivity contribution in [3.05, 3.63) is 100 Å². The molecular weight excluding hydrogens is 490 g/mol. The SMILES string of the molecule is O=C(O)[C@H]1Cc2c(ccc(Cl)c2OCc2ccccc2)CN1C(=O)[C@H](OC1CCCC1)c1ccccc1. The lowest BCUT2D eigenvalue weighted by atomic mass is 9.92. The number of hydrogen-bond acceptors (Lipinski definition) is 4. The van der Waals surface area contributed by atoms with Gasteiger partial charge in [-0.3, -0.25) is 4.79 Å². The van der Waals surface area contributed by atoms with E-state index in [-0.39, 0.29) is 25.0 Å². The first-order valence-corrected chi connectivity index (χ1v) is 13.1. The maximum absolute atomic E-state index is 14.0. The fourth-order valence-corrected chi connectivity index (χ4v) is 5.45. The van der Waals surface area contributed by atoms with Crippen LogP contribution >= 0.6 is 11.6 Å². The smallest absolute Gasteiger partial charge is 0.326 e. The van der Waals surface area contributed by atoms with E-state index in [2.05, 4.69) is 0 Å². The van der Waals surface area contributed by atoms with E-state index in [0.717, 1.165) is 47.9 Å². The van der Waals surface area contributed by atoms with Gasteiger partial charge in [0.1, 0.15) is 18.4 Å². The van der Waals surface area contributed by atoms with Crippen LogP contribution in [0, 0.1) is 0 Å². The van der Waals surface area contributed by atoms with Crippen LogP contribution in [0.2, 0.25) is 5.02 Å². The lowest BCUT2D eigenvalue weighted by molar-refractivity contribution is -0.160. The minimum atomic E-state index is -1.07. The van der Waals surface area contributed by atoms with Crippen LogP contribution in [0.15, 0.2) is 72.8 Å². The number of carboxylic acids is 1. The summed E-state index contributed by atoms with van der Waals surface area (Å²) in [5.74, 6) is -0.929. The number of aliphatic carboxylic acids is 1. The maximum atomic E-state index is 14.0. The molecule has 192 valence electrons. The highest BCUT2D eigenvalue weighted by atomic mass is 35.5. The van der Waals surface area contributed by atoms with Gasteiger partial charge in [0.25, 0.3) is 5.91 Å². The van der Waals surface area contributed by atoms with Crippen LogP contribution < -0.4 is 4.74 Å². The van der Waals surface area contributed by atoms with Gasteiger partial charge in [-0.1, -0.05) is 91.2 Å². The van der Waals surface area contributed by atoms with Crippen LogP contribution in [0.25, 0.3) is 0 Å². The molecule has 0 bridgehead atoms. The molecule has 1 heterocycles. The van der Waals surface area contributed by atoms with Gasteiger partial charge in [0.05, 0.1) is 11.1 Å². The minimum absolute atomic E-state index is 0.00805. The Hall–Kier alpha value is -3.35. The van der Waals surface area contributed by atoms with Crippen LogP contribution in [0.1, 0.15) is 54.0 Å². The number of carbonyl (C=O) groups excluding carboxylic acids is 1. The Labute approximate surface area is 221 Å². The van der Waals surface area contributed by atoms with Crippen molar-refractivity contribution in [2.24, 2.45) is 0 Å². The highest BCUT2D eigenvalue weighted by molar-refractivity contribution is 6.32. The minimum Gasteiger partial charge on any atom is -0.487 e. The molecule has 2 aliphatic rings. The quantitative estimate of drug-likeness (QED) is 0.397. The Morgan fingerprint density at radius 3 is 2.32 bits per heavy atom. The van der Waals surface area contributed by atoms with Gasteiger partial charge < -0.3 is 19.5 Å². The van der Waals surface area contributed by atoms with Crippen LogP contribution in [0.4, 0.5) is 0 Å². The summed E-state index contributed by atoms with van der Waals surface area (Å²) in [7, 11) is 0. The molecule has 37 heavy (non-hydrogen) atoms. The van der Waals surface area contributed by atoms with Crippen LogP contribution in [-0.4, -0.2) is 34.0 Å². The molecule has 1 amide bonds. The fourth-order valence-electron chi connectivity index (χ4n) is 5.22. The van der Waals surface area contributed by atoms with E-state index in [1.54, 1.807) is 6.07 Å². The molecule has 0 saturated heterocycles. The second kappa shape index (κ2) is 11.4. The van der Waals surface area contributed by atoms with Gasteiger partial charge in [-0.2, -0.15) is 0 Å². The second-order valence-corrected chi connectivity index (χ2v) is 10.1.